The first kappa shape index (κ1) is 13.5. The number of nitrogens with zero attached hydrogens (tertiary/aromatic N) is 3. The Balaban J connectivity index is 2.46. The highest BCUT2D eigenvalue weighted by Gasteiger charge is 2.13. The second-order valence-corrected chi connectivity index (χ2v) is 4.69. The van der Waals surface area contributed by atoms with Gasteiger partial charge in [0.25, 0.3) is 0 Å². The topological polar surface area (TPSA) is 66.0 Å². The Morgan fingerprint density at radius 3 is 2.79 bits per heavy atom. The van der Waals surface area contributed by atoms with E-state index in [0.29, 0.717) is 18.9 Å². The molecule has 1 aromatic carbocycles. The van der Waals surface area contributed by atoms with Gasteiger partial charge in [-0.05, 0) is 18.7 Å². The fourth-order valence-corrected chi connectivity index (χ4v) is 1.85. The first-order chi connectivity index (χ1) is 9.15. The minimum atomic E-state index is 0.295. The van der Waals surface area contributed by atoms with Crippen LogP contribution in [-0.2, 0) is 6.42 Å². The van der Waals surface area contributed by atoms with Gasteiger partial charge in [0.15, 0.2) is 5.82 Å². The van der Waals surface area contributed by atoms with Crippen LogP contribution in [0.4, 0.5) is 0 Å². The first-order valence-electron chi connectivity index (χ1n) is 6.46. The van der Waals surface area contributed by atoms with E-state index in [2.05, 4.69) is 23.9 Å². The minimum absolute atomic E-state index is 0.295. The molecule has 2 aromatic rings. The van der Waals surface area contributed by atoms with Gasteiger partial charge in [-0.2, -0.15) is 5.10 Å². The molecule has 0 amide bonds. The zero-order valence-electron chi connectivity index (χ0n) is 11.6. The molecule has 0 unspecified atom stereocenters. The number of hydrogen-bond donors (Lipinski definition) is 1. The summed E-state index contributed by atoms with van der Waals surface area (Å²) >= 11 is 0. The van der Waals surface area contributed by atoms with Crippen LogP contribution in [0.2, 0.25) is 0 Å². The van der Waals surface area contributed by atoms with Gasteiger partial charge in [0.2, 0.25) is 0 Å². The maximum Gasteiger partial charge on any atom is 0.153 e. The molecule has 0 atom stereocenters. The van der Waals surface area contributed by atoms with Crippen LogP contribution in [0.3, 0.4) is 0 Å². The summed E-state index contributed by atoms with van der Waals surface area (Å²) in [6.45, 7) is 4.72. The molecule has 0 radical (unpaired) electrons. The largest absolute Gasteiger partial charge is 0.497 e. The molecule has 0 fully saturated rings. The van der Waals surface area contributed by atoms with Gasteiger partial charge in [0.1, 0.15) is 11.6 Å². The molecular weight excluding hydrogens is 240 g/mol. The highest BCUT2D eigenvalue weighted by molar-refractivity contribution is 5.39. The average molecular weight is 260 g/mol. The molecule has 19 heavy (non-hydrogen) atoms. The van der Waals surface area contributed by atoms with Gasteiger partial charge in [0.05, 0.1) is 12.8 Å². The predicted molar refractivity (Wildman–Crippen MR) is 74.8 cm³/mol. The first-order valence-corrected chi connectivity index (χ1v) is 6.46. The average Bonchev–Trinajstić information content (AvgIpc) is 2.83. The van der Waals surface area contributed by atoms with Crippen molar-refractivity contribution < 1.29 is 4.74 Å². The number of nitrogens with two attached hydrogens (primary N) is 1. The fraction of sp³-hybridized carbons (Fsp3) is 0.429. The zero-order valence-corrected chi connectivity index (χ0v) is 11.6. The van der Waals surface area contributed by atoms with Crippen LogP contribution in [0.1, 0.15) is 31.4 Å². The molecule has 1 heterocycles. The lowest BCUT2D eigenvalue weighted by atomic mass is 10.2. The number of methoxy groups -OCH3 is 1. The minimum Gasteiger partial charge on any atom is -0.497 e. The van der Waals surface area contributed by atoms with Crippen LogP contribution in [0.5, 0.6) is 5.75 Å². The number of benzene rings is 1. The Kier molecular flexibility index (Phi) is 4.16. The molecular formula is C14H20N4O. The maximum absolute atomic E-state index is 5.64. The van der Waals surface area contributed by atoms with Gasteiger partial charge in [-0.3, -0.25) is 0 Å². The van der Waals surface area contributed by atoms with Crippen LogP contribution < -0.4 is 10.5 Å². The highest BCUT2D eigenvalue weighted by Crippen LogP contribution is 2.19. The summed E-state index contributed by atoms with van der Waals surface area (Å²) in [4.78, 5) is 4.56. The molecule has 5 nitrogen and oxygen atoms in total. The Morgan fingerprint density at radius 2 is 2.16 bits per heavy atom. The van der Waals surface area contributed by atoms with Crippen molar-refractivity contribution >= 4 is 0 Å². The molecule has 0 saturated heterocycles. The van der Waals surface area contributed by atoms with Gasteiger partial charge in [-0.25, -0.2) is 9.67 Å². The third-order valence-electron chi connectivity index (χ3n) is 2.87. The summed E-state index contributed by atoms with van der Waals surface area (Å²) in [7, 11) is 1.65. The van der Waals surface area contributed by atoms with E-state index >= 15 is 0 Å². The Labute approximate surface area is 113 Å². The van der Waals surface area contributed by atoms with E-state index in [1.807, 2.05) is 28.9 Å². The third-order valence-corrected chi connectivity index (χ3v) is 2.87. The van der Waals surface area contributed by atoms with Gasteiger partial charge in [-0.1, -0.05) is 19.9 Å². The highest BCUT2D eigenvalue weighted by atomic mass is 16.5. The molecule has 2 rings (SSSR count). The van der Waals surface area contributed by atoms with E-state index in [4.69, 9.17) is 10.5 Å². The molecule has 5 heteroatoms. The number of ether oxygens (including phenoxy) is 1. The Morgan fingerprint density at radius 1 is 1.37 bits per heavy atom. The number of hydrogen-bond acceptors (Lipinski definition) is 4. The molecule has 0 aliphatic carbocycles. The molecule has 102 valence electrons. The quantitative estimate of drug-likeness (QED) is 0.891. The van der Waals surface area contributed by atoms with Gasteiger partial charge >= 0.3 is 0 Å². The lowest BCUT2D eigenvalue weighted by Gasteiger charge is -2.06. The zero-order chi connectivity index (χ0) is 13.8. The molecule has 2 N–H and O–H groups in total. The van der Waals surface area contributed by atoms with Gasteiger partial charge < -0.3 is 10.5 Å². The SMILES string of the molecule is COc1cccc(-n2nc(C(C)C)nc2CCN)c1. The molecule has 0 saturated carbocycles. The monoisotopic (exact) mass is 260 g/mol. The Bertz CT molecular complexity index is 548. The standard InChI is InChI=1S/C14H20N4O/c1-10(2)14-16-13(7-8-15)18(17-14)11-5-4-6-12(9-11)19-3/h4-6,9-10H,7-8,15H2,1-3H3. The molecule has 0 aliphatic rings. The van der Waals surface area contributed by atoms with Crippen LogP contribution in [0.15, 0.2) is 24.3 Å². The van der Waals surface area contributed by atoms with Crippen molar-refractivity contribution in [3.63, 3.8) is 0 Å². The second kappa shape index (κ2) is 5.84. The molecule has 0 spiro atoms. The van der Waals surface area contributed by atoms with E-state index in [1.54, 1.807) is 7.11 Å². The summed E-state index contributed by atoms with van der Waals surface area (Å²) in [6, 6.07) is 7.78. The lowest BCUT2D eigenvalue weighted by molar-refractivity contribution is 0.414. The third kappa shape index (κ3) is 2.93. The van der Waals surface area contributed by atoms with Crippen LogP contribution >= 0.6 is 0 Å². The van der Waals surface area contributed by atoms with E-state index in [0.717, 1.165) is 23.1 Å². The second-order valence-electron chi connectivity index (χ2n) is 4.69. The van der Waals surface area contributed by atoms with Crippen molar-refractivity contribution in [2.45, 2.75) is 26.2 Å². The summed E-state index contributed by atoms with van der Waals surface area (Å²) in [5.41, 5.74) is 6.59. The summed E-state index contributed by atoms with van der Waals surface area (Å²) in [5, 5.41) is 4.57. The summed E-state index contributed by atoms with van der Waals surface area (Å²) in [6.07, 6.45) is 0.705. The van der Waals surface area contributed by atoms with Crippen LogP contribution in [-0.4, -0.2) is 28.4 Å². The van der Waals surface area contributed by atoms with E-state index in [-0.39, 0.29) is 0 Å². The normalized spacial score (nSPS) is 11.0. The molecule has 0 aliphatic heterocycles. The van der Waals surface area contributed by atoms with Gasteiger partial charge in [0, 0.05) is 18.4 Å². The Hall–Kier alpha value is -1.88. The van der Waals surface area contributed by atoms with Crippen LogP contribution in [0, 0.1) is 0 Å². The summed E-state index contributed by atoms with van der Waals surface area (Å²) in [5.74, 6) is 2.83. The van der Waals surface area contributed by atoms with Crippen molar-refractivity contribution in [3.05, 3.63) is 35.9 Å². The molecule has 1 aromatic heterocycles. The fourth-order valence-electron chi connectivity index (χ4n) is 1.85. The van der Waals surface area contributed by atoms with Crippen molar-refractivity contribution in [3.8, 4) is 11.4 Å². The lowest BCUT2D eigenvalue weighted by Crippen LogP contribution is -2.09. The van der Waals surface area contributed by atoms with Crippen molar-refractivity contribution in [2.75, 3.05) is 13.7 Å². The van der Waals surface area contributed by atoms with Crippen molar-refractivity contribution in [1.82, 2.24) is 14.8 Å². The molecule has 0 bridgehead atoms. The number of aromatic nitrogens is 3. The maximum atomic E-state index is 5.64. The van der Waals surface area contributed by atoms with E-state index < -0.39 is 0 Å². The van der Waals surface area contributed by atoms with E-state index in [1.165, 1.54) is 0 Å². The van der Waals surface area contributed by atoms with Crippen molar-refractivity contribution in [2.24, 2.45) is 5.73 Å². The summed E-state index contributed by atoms with van der Waals surface area (Å²) < 4.78 is 7.10. The van der Waals surface area contributed by atoms with Crippen LogP contribution in [0.25, 0.3) is 5.69 Å². The smallest absolute Gasteiger partial charge is 0.153 e. The predicted octanol–water partition coefficient (Wildman–Crippen LogP) is 1.90. The van der Waals surface area contributed by atoms with Crippen molar-refractivity contribution in [1.29, 1.82) is 0 Å². The van der Waals surface area contributed by atoms with E-state index in [9.17, 15) is 0 Å². The number of rotatable bonds is 5. The van der Waals surface area contributed by atoms with Gasteiger partial charge in [-0.15, -0.1) is 0 Å².